The maximum Gasteiger partial charge on any atom is 0.329 e. The summed E-state index contributed by atoms with van der Waals surface area (Å²) in [7, 11) is 0. The molecule has 0 aromatic carbocycles. The highest BCUT2D eigenvalue weighted by atomic mass is 16.4. The van der Waals surface area contributed by atoms with Gasteiger partial charge in [-0.05, 0) is 44.9 Å². The molecule has 0 bridgehead atoms. The topological polar surface area (TPSA) is 83.6 Å². The van der Waals surface area contributed by atoms with Crippen molar-refractivity contribution in [2.75, 3.05) is 6.54 Å². The van der Waals surface area contributed by atoms with Gasteiger partial charge in [0.25, 0.3) is 0 Å². The average molecular weight is 282 g/mol. The van der Waals surface area contributed by atoms with Crippen molar-refractivity contribution >= 4 is 11.9 Å². The summed E-state index contributed by atoms with van der Waals surface area (Å²) >= 11 is 0. The number of rotatable bonds is 4. The minimum absolute atomic E-state index is 0.0246. The molecule has 1 saturated carbocycles. The summed E-state index contributed by atoms with van der Waals surface area (Å²) in [6.07, 6.45) is 6.08. The molecule has 114 valence electrons. The lowest BCUT2D eigenvalue weighted by atomic mass is 9.83. The van der Waals surface area contributed by atoms with Crippen molar-refractivity contribution in [2.45, 2.75) is 69.9 Å². The predicted molar refractivity (Wildman–Crippen MR) is 76.2 cm³/mol. The number of carboxylic acid groups (broad SMARTS) is 1. The highest BCUT2D eigenvalue weighted by Crippen LogP contribution is 2.37. The summed E-state index contributed by atoms with van der Waals surface area (Å²) in [5.41, 5.74) is 4.93. The fourth-order valence-electron chi connectivity index (χ4n) is 3.79. The molecule has 1 aliphatic carbocycles. The molecule has 2 rings (SSSR count). The van der Waals surface area contributed by atoms with Crippen molar-refractivity contribution in [3.05, 3.63) is 0 Å². The van der Waals surface area contributed by atoms with Crippen LogP contribution in [0.2, 0.25) is 0 Å². The van der Waals surface area contributed by atoms with Crippen LogP contribution in [0.5, 0.6) is 0 Å². The van der Waals surface area contributed by atoms with E-state index in [1.54, 1.807) is 4.90 Å². The van der Waals surface area contributed by atoms with Gasteiger partial charge in [0.1, 0.15) is 5.54 Å². The lowest BCUT2D eigenvalue weighted by molar-refractivity contribution is -0.159. The zero-order valence-electron chi connectivity index (χ0n) is 12.3. The number of carboxylic acids is 1. The van der Waals surface area contributed by atoms with Crippen molar-refractivity contribution in [1.82, 2.24) is 4.90 Å². The van der Waals surface area contributed by atoms with E-state index in [-0.39, 0.29) is 17.9 Å². The Kier molecular flexibility index (Phi) is 4.68. The van der Waals surface area contributed by atoms with Crippen LogP contribution in [0.15, 0.2) is 0 Å². The Hall–Kier alpha value is -1.10. The Morgan fingerprint density at radius 1 is 1.30 bits per heavy atom. The Balaban J connectivity index is 2.13. The molecule has 0 spiro atoms. The standard InChI is InChI=1S/C15H26N2O3/c1-2-8-15(14(19)20)9-3-10-17(15)13(18)11-4-6-12(16)7-5-11/h11-12H,2-10,16H2,1H3,(H,19,20). The lowest BCUT2D eigenvalue weighted by Gasteiger charge is -2.38. The van der Waals surface area contributed by atoms with Crippen LogP contribution in [0.25, 0.3) is 0 Å². The fourth-order valence-corrected chi connectivity index (χ4v) is 3.79. The van der Waals surface area contributed by atoms with Crippen molar-refractivity contribution < 1.29 is 14.7 Å². The van der Waals surface area contributed by atoms with Gasteiger partial charge in [-0.3, -0.25) is 4.79 Å². The molecule has 1 aliphatic heterocycles. The number of nitrogens with two attached hydrogens (primary N) is 1. The number of carbonyl (C=O) groups excluding carboxylic acids is 1. The number of carbonyl (C=O) groups is 2. The van der Waals surface area contributed by atoms with E-state index < -0.39 is 11.5 Å². The first-order chi connectivity index (χ1) is 9.51. The Morgan fingerprint density at radius 3 is 2.50 bits per heavy atom. The van der Waals surface area contributed by atoms with Crippen LogP contribution in [0.3, 0.4) is 0 Å². The first-order valence-electron chi connectivity index (χ1n) is 7.81. The molecule has 2 fully saturated rings. The van der Waals surface area contributed by atoms with Gasteiger partial charge in [0, 0.05) is 18.5 Å². The molecule has 2 aliphatic rings. The average Bonchev–Trinajstić information content (AvgIpc) is 2.84. The monoisotopic (exact) mass is 282 g/mol. The van der Waals surface area contributed by atoms with Crippen molar-refractivity contribution in [3.63, 3.8) is 0 Å². The third-order valence-corrected chi connectivity index (χ3v) is 4.94. The van der Waals surface area contributed by atoms with Crippen LogP contribution >= 0.6 is 0 Å². The molecule has 5 heteroatoms. The number of hydrogen-bond acceptors (Lipinski definition) is 3. The van der Waals surface area contributed by atoms with Crippen LogP contribution in [-0.4, -0.2) is 40.0 Å². The normalized spacial score (nSPS) is 34.2. The Morgan fingerprint density at radius 2 is 1.95 bits per heavy atom. The van der Waals surface area contributed by atoms with Gasteiger partial charge in [-0.2, -0.15) is 0 Å². The van der Waals surface area contributed by atoms with Gasteiger partial charge in [-0.15, -0.1) is 0 Å². The predicted octanol–water partition coefficient (Wildman–Crippen LogP) is 1.75. The van der Waals surface area contributed by atoms with E-state index in [2.05, 4.69) is 0 Å². The molecular formula is C15H26N2O3. The number of aliphatic carboxylic acids is 1. The van der Waals surface area contributed by atoms with E-state index in [9.17, 15) is 14.7 Å². The van der Waals surface area contributed by atoms with Crippen LogP contribution in [-0.2, 0) is 9.59 Å². The summed E-state index contributed by atoms with van der Waals surface area (Å²) in [5.74, 6) is -0.813. The second-order valence-corrected chi connectivity index (χ2v) is 6.29. The number of nitrogens with zero attached hydrogens (tertiary/aromatic N) is 1. The van der Waals surface area contributed by atoms with Crippen LogP contribution < -0.4 is 5.73 Å². The molecule has 1 amide bonds. The third kappa shape index (κ3) is 2.68. The number of amides is 1. The van der Waals surface area contributed by atoms with Gasteiger partial charge in [0.15, 0.2) is 0 Å². The van der Waals surface area contributed by atoms with E-state index in [1.807, 2.05) is 6.92 Å². The highest BCUT2D eigenvalue weighted by Gasteiger charge is 2.50. The molecule has 1 saturated heterocycles. The first kappa shape index (κ1) is 15.3. The quantitative estimate of drug-likeness (QED) is 0.823. The maximum absolute atomic E-state index is 12.7. The second-order valence-electron chi connectivity index (χ2n) is 6.29. The molecule has 0 aromatic heterocycles. The smallest absolute Gasteiger partial charge is 0.329 e. The third-order valence-electron chi connectivity index (χ3n) is 4.94. The molecule has 0 aromatic rings. The van der Waals surface area contributed by atoms with Crippen molar-refractivity contribution in [3.8, 4) is 0 Å². The first-order valence-corrected chi connectivity index (χ1v) is 7.81. The lowest BCUT2D eigenvalue weighted by Crippen LogP contribution is -2.55. The molecular weight excluding hydrogens is 256 g/mol. The zero-order valence-corrected chi connectivity index (χ0v) is 12.3. The number of likely N-dealkylation sites (tertiary alicyclic amines) is 1. The zero-order chi connectivity index (χ0) is 14.8. The van der Waals surface area contributed by atoms with Gasteiger partial charge in [-0.25, -0.2) is 4.79 Å². The van der Waals surface area contributed by atoms with E-state index in [0.717, 1.165) is 38.5 Å². The fraction of sp³-hybridized carbons (Fsp3) is 0.867. The van der Waals surface area contributed by atoms with Gasteiger partial charge in [0.2, 0.25) is 5.91 Å². The summed E-state index contributed by atoms with van der Waals surface area (Å²) in [6, 6.07) is 0.206. The second kappa shape index (κ2) is 6.12. The summed E-state index contributed by atoms with van der Waals surface area (Å²) in [4.78, 5) is 26.1. The van der Waals surface area contributed by atoms with Crippen molar-refractivity contribution in [2.24, 2.45) is 11.7 Å². The molecule has 1 unspecified atom stereocenters. The van der Waals surface area contributed by atoms with E-state index in [1.165, 1.54) is 0 Å². The van der Waals surface area contributed by atoms with Gasteiger partial charge >= 0.3 is 5.97 Å². The van der Waals surface area contributed by atoms with Crippen LogP contribution in [0, 0.1) is 5.92 Å². The Bertz CT molecular complexity index is 377. The van der Waals surface area contributed by atoms with Gasteiger partial charge in [0.05, 0.1) is 0 Å². The summed E-state index contributed by atoms with van der Waals surface area (Å²) < 4.78 is 0. The molecule has 5 nitrogen and oxygen atoms in total. The molecule has 0 radical (unpaired) electrons. The van der Waals surface area contributed by atoms with E-state index in [0.29, 0.717) is 19.4 Å². The number of hydrogen-bond donors (Lipinski definition) is 2. The van der Waals surface area contributed by atoms with Gasteiger partial charge < -0.3 is 15.7 Å². The molecule has 20 heavy (non-hydrogen) atoms. The summed E-state index contributed by atoms with van der Waals surface area (Å²) in [5, 5.41) is 9.64. The van der Waals surface area contributed by atoms with Gasteiger partial charge in [-0.1, -0.05) is 13.3 Å². The highest BCUT2D eigenvalue weighted by molar-refractivity contribution is 5.89. The minimum atomic E-state index is -0.953. The van der Waals surface area contributed by atoms with Crippen LogP contribution in [0.1, 0.15) is 58.3 Å². The van der Waals surface area contributed by atoms with Crippen LogP contribution in [0.4, 0.5) is 0 Å². The maximum atomic E-state index is 12.7. The van der Waals surface area contributed by atoms with Crippen molar-refractivity contribution in [1.29, 1.82) is 0 Å². The van der Waals surface area contributed by atoms with E-state index >= 15 is 0 Å². The van der Waals surface area contributed by atoms with E-state index in [4.69, 9.17) is 5.73 Å². The molecule has 3 N–H and O–H groups in total. The molecule has 1 heterocycles. The largest absolute Gasteiger partial charge is 0.479 e. The molecule has 1 atom stereocenters. The Labute approximate surface area is 120 Å². The SMILES string of the molecule is CCCC1(C(=O)O)CCCN1C(=O)C1CCC(N)CC1. The summed E-state index contributed by atoms with van der Waals surface area (Å²) in [6.45, 7) is 2.57. The minimum Gasteiger partial charge on any atom is -0.479 e.